The van der Waals surface area contributed by atoms with Gasteiger partial charge in [0.15, 0.2) is 0 Å². The van der Waals surface area contributed by atoms with Crippen LogP contribution in [0.2, 0.25) is 0 Å². The molecule has 1 aliphatic rings. The molecule has 1 aliphatic heterocycles. The van der Waals surface area contributed by atoms with Crippen LogP contribution in [0.5, 0.6) is 0 Å². The van der Waals surface area contributed by atoms with Crippen molar-refractivity contribution in [3.63, 3.8) is 0 Å². The van der Waals surface area contributed by atoms with E-state index in [0.29, 0.717) is 16.6 Å². The van der Waals surface area contributed by atoms with Gasteiger partial charge in [0.05, 0.1) is 0 Å². The summed E-state index contributed by atoms with van der Waals surface area (Å²) in [5.41, 5.74) is 0.650. The predicted octanol–water partition coefficient (Wildman–Crippen LogP) is 5.22. The van der Waals surface area contributed by atoms with Crippen LogP contribution in [0.3, 0.4) is 0 Å². The number of fused-ring (bicyclic) bond motifs is 1. The van der Waals surface area contributed by atoms with Crippen LogP contribution in [0, 0.1) is 30.6 Å². The summed E-state index contributed by atoms with van der Waals surface area (Å²) in [4.78, 5) is 9.62. The molecule has 1 unspecified atom stereocenters. The van der Waals surface area contributed by atoms with E-state index in [1.54, 1.807) is 12.3 Å². The normalized spacial score (nSPS) is 14.3. The zero-order valence-corrected chi connectivity index (χ0v) is 26.2. The minimum atomic E-state index is -4.75. The van der Waals surface area contributed by atoms with E-state index in [2.05, 4.69) is 61.1 Å². The molecule has 1 saturated heterocycles. The standard InChI is InChI=1S/C22H13F4N2.C6H13N.C2H4.C2H.K/c1-13(20-18(22(24,25)26)8-5-9-19(20)23)17-12-28-21-16(17)10-15(11-27-21)14-6-3-2-4-7-14;1-6-3-4-7(2)5-6;2*1-2;/h2-7,9-12H,1H2,(H,27,28);6H,3-5H2,1-2H3;1-2H2;1H;/q-1;;;-1;+1. The number of rotatable bonds is 3. The number of H-pyrrole nitrogens is 1. The van der Waals surface area contributed by atoms with Crippen molar-refractivity contribution in [1.82, 2.24) is 14.9 Å². The number of aromatic nitrogens is 2. The van der Waals surface area contributed by atoms with Gasteiger partial charge in [0.1, 0.15) is 5.65 Å². The molecule has 0 amide bonds. The fraction of sp³-hybridized carbons (Fsp3) is 0.219. The van der Waals surface area contributed by atoms with Crippen LogP contribution in [0.25, 0.3) is 27.7 Å². The zero-order valence-electron chi connectivity index (χ0n) is 23.1. The maximum atomic E-state index is 14.4. The number of halogens is 4. The SMILES string of the molecule is C=C.C=C(c1c(C(F)(F)F)[c-]ccc1F)c1c[nH]c2ncc(-c3ccccc3)cc12.CC1CCN(C)C1.[C-]#C.[K+]. The first-order valence-electron chi connectivity index (χ1n) is 12.1. The Morgan fingerprint density at radius 3 is 2.33 bits per heavy atom. The minimum absolute atomic E-state index is 0. The van der Waals surface area contributed by atoms with Crippen molar-refractivity contribution in [2.75, 3.05) is 20.1 Å². The summed E-state index contributed by atoms with van der Waals surface area (Å²) in [5, 5.41) is 0.558. The molecule has 8 heteroatoms. The van der Waals surface area contributed by atoms with Crippen LogP contribution in [0.1, 0.15) is 30.0 Å². The first kappa shape index (κ1) is 35.5. The van der Waals surface area contributed by atoms with Gasteiger partial charge in [-0.25, -0.2) is 9.37 Å². The molecule has 0 bridgehead atoms. The third kappa shape index (κ3) is 9.00. The van der Waals surface area contributed by atoms with Gasteiger partial charge in [-0.3, -0.25) is 0 Å². The summed E-state index contributed by atoms with van der Waals surface area (Å²) in [5.74, 6) is -0.0531. The monoisotopic (exact) mass is 572 g/mol. The number of terminal acetylenes is 1. The molecule has 1 atom stereocenters. The first-order valence-corrected chi connectivity index (χ1v) is 12.1. The van der Waals surface area contributed by atoms with Crippen LogP contribution < -0.4 is 51.4 Å². The van der Waals surface area contributed by atoms with Gasteiger partial charge >= 0.3 is 57.6 Å². The van der Waals surface area contributed by atoms with E-state index in [-0.39, 0.29) is 57.0 Å². The molecule has 0 radical (unpaired) electrons. The van der Waals surface area contributed by atoms with Gasteiger partial charge in [-0.2, -0.15) is 25.3 Å². The second kappa shape index (κ2) is 16.7. The van der Waals surface area contributed by atoms with Crippen molar-refractivity contribution >= 4 is 16.6 Å². The van der Waals surface area contributed by atoms with E-state index in [9.17, 15) is 17.6 Å². The Morgan fingerprint density at radius 2 is 1.80 bits per heavy atom. The van der Waals surface area contributed by atoms with E-state index in [0.717, 1.165) is 29.2 Å². The van der Waals surface area contributed by atoms with Crippen LogP contribution in [0.15, 0.2) is 80.7 Å². The number of likely N-dealkylation sites (tertiary alicyclic amines) is 1. The molecule has 0 aliphatic carbocycles. The van der Waals surface area contributed by atoms with E-state index >= 15 is 0 Å². The molecule has 1 fully saturated rings. The number of pyridine rings is 1. The molecule has 40 heavy (non-hydrogen) atoms. The summed E-state index contributed by atoms with van der Waals surface area (Å²) >= 11 is 0. The third-order valence-electron chi connectivity index (χ3n) is 6.12. The third-order valence-corrected chi connectivity index (χ3v) is 6.12. The summed E-state index contributed by atoms with van der Waals surface area (Å²) in [6.45, 7) is 14.7. The summed E-state index contributed by atoms with van der Waals surface area (Å²) < 4.78 is 54.5. The molecule has 0 saturated carbocycles. The smallest absolute Gasteiger partial charge is 0.697 e. The molecule has 2 aromatic heterocycles. The average molecular weight is 573 g/mol. The molecule has 5 rings (SSSR count). The Morgan fingerprint density at radius 1 is 1.15 bits per heavy atom. The van der Waals surface area contributed by atoms with E-state index < -0.39 is 23.1 Å². The molecule has 0 spiro atoms. The molecule has 3 heterocycles. The first-order chi connectivity index (χ1) is 18.6. The molecule has 4 aromatic rings. The largest absolute Gasteiger partial charge is 1.00 e. The number of hydrogen-bond donors (Lipinski definition) is 1. The van der Waals surface area contributed by atoms with Crippen molar-refractivity contribution in [3.05, 3.63) is 116 Å². The fourth-order valence-electron chi connectivity index (χ4n) is 4.32. The topological polar surface area (TPSA) is 31.9 Å². The molecule has 204 valence electrons. The number of hydrogen-bond acceptors (Lipinski definition) is 2. The predicted molar refractivity (Wildman–Crippen MR) is 151 cm³/mol. The van der Waals surface area contributed by atoms with Gasteiger partial charge in [0, 0.05) is 35.7 Å². The van der Waals surface area contributed by atoms with Gasteiger partial charge in [0.2, 0.25) is 0 Å². The number of nitrogens with one attached hydrogen (secondary N) is 1. The van der Waals surface area contributed by atoms with Crippen molar-refractivity contribution in [3.8, 4) is 17.6 Å². The minimum Gasteiger partial charge on any atom is -0.697 e. The Hall–Kier alpha value is -2.51. The Labute approximate surface area is 276 Å². The second-order valence-corrected chi connectivity index (χ2v) is 8.90. The number of benzene rings is 2. The van der Waals surface area contributed by atoms with Crippen molar-refractivity contribution in [1.29, 1.82) is 0 Å². The Balaban J connectivity index is 0.000000570. The van der Waals surface area contributed by atoms with Crippen LogP contribution >= 0.6 is 0 Å². The quantitative estimate of drug-likeness (QED) is 0.120. The number of nitrogens with zero attached hydrogens (tertiary/aromatic N) is 2. The summed E-state index contributed by atoms with van der Waals surface area (Å²) in [6, 6.07) is 15.2. The second-order valence-electron chi connectivity index (χ2n) is 8.90. The molecular weight excluding hydrogens is 541 g/mol. The summed E-state index contributed by atoms with van der Waals surface area (Å²) in [7, 11) is 2.18. The van der Waals surface area contributed by atoms with Crippen LogP contribution in [-0.4, -0.2) is 35.0 Å². The molecule has 3 nitrogen and oxygen atoms in total. The maximum absolute atomic E-state index is 14.4. The maximum Gasteiger partial charge on any atom is 1.00 e. The van der Waals surface area contributed by atoms with Crippen molar-refractivity contribution in [2.24, 2.45) is 5.92 Å². The Bertz CT molecular complexity index is 1390. The van der Waals surface area contributed by atoms with Crippen molar-refractivity contribution < 1.29 is 68.9 Å². The van der Waals surface area contributed by atoms with E-state index in [1.165, 1.54) is 25.7 Å². The van der Waals surface area contributed by atoms with Gasteiger partial charge in [-0.1, -0.05) is 48.4 Å². The number of alkyl halides is 3. The number of aromatic amines is 1. The van der Waals surface area contributed by atoms with Gasteiger partial charge < -0.3 is 22.7 Å². The van der Waals surface area contributed by atoms with Crippen molar-refractivity contribution in [2.45, 2.75) is 19.5 Å². The van der Waals surface area contributed by atoms with Gasteiger partial charge in [-0.05, 0) is 48.7 Å². The zero-order chi connectivity index (χ0) is 29.2. The fourth-order valence-corrected chi connectivity index (χ4v) is 4.32. The van der Waals surface area contributed by atoms with Gasteiger partial charge in [-0.15, -0.1) is 25.8 Å². The molecule has 2 aromatic carbocycles. The van der Waals surface area contributed by atoms with E-state index in [4.69, 9.17) is 6.42 Å². The van der Waals surface area contributed by atoms with Crippen LogP contribution in [-0.2, 0) is 6.18 Å². The summed E-state index contributed by atoms with van der Waals surface area (Å²) in [6.07, 6.45) is 8.80. The van der Waals surface area contributed by atoms with Crippen LogP contribution in [0.4, 0.5) is 17.6 Å². The van der Waals surface area contributed by atoms with E-state index in [1.807, 2.05) is 30.3 Å². The molecule has 1 N–H and O–H groups in total. The molecular formula is C32H31F4KN3-. The van der Waals surface area contributed by atoms with Gasteiger partial charge in [0.25, 0.3) is 0 Å². The average Bonchev–Trinajstić information content (AvgIpc) is 3.55. The Kier molecular flexibility index (Phi) is 14.8.